The summed E-state index contributed by atoms with van der Waals surface area (Å²) in [5.41, 5.74) is 1.61. The van der Waals surface area contributed by atoms with Crippen LogP contribution in [0.5, 0.6) is 0 Å². The number of para-hydroxylation sites is 2. The summed E-state index contributed by atoms with van der Waals surface area (Å²) >= 11 is 0. The summed E-state index contributed by atoms with van der Waals surface area (Å²) in [5, 5.41) is 6.79. The first-order valence-electron chi connectivity index (χ1n) is 5.26. The molecule has 3 rings (SSSR count). The van der Waals surface area contributed by atoms with Gasteiger partial charge < -0.3 is 14.3 Å². The highest BCUT2D eigenvalue weighted by Crippen LogP contribution is 2.17. The van der Waals surface area contributed by atoms with Crippen LogP contribution in [-0.4, -0.2) is 21.7 Å². The molecule has 0 aliphatic rings. The molecule has 1 N–H and O–H groups in total. The number of rotatable bonds is 4. The van der Waals surface area contributed by atoms with E-state index < -0.39 is 0 Å². The lowest BCUT2D eigenvalue weighted by molar-refractivity contribution is 0.410. The monoisotopic (exact) mass is 230 g/mol. The first kappa shape index (κ1) is 9.83. The van der Waals surface area contributed by atoms with Gasteiger partial charge in [0.2, 0.25) is 6.39 Å². The van der Waals surface area contributed by atoms with Crippen molar-refractivity contribution in [2.24, 2.45) is 0 Å². The maximum Gasteiger partial charge on any atom is 0.295 e. The van der Waals surface area contributed by atoms with E-state index in [0.717, 1.165) is 11.1 Å². The van der Waals surface area contributed by atoms with Gasteiger partial charge in [-0.05, 0) is 12.1 Å². The topological polar surface area (TPSA) is 77.0 Å². The summed E-state index contributed by atoms with van der Waals surface area (Å²) in [6.07, 6.45) is 1.98. The zero-order valence-electron chi connectivity index (χ0n) is 8.96. The average Bonchev–Trinajstić information content (AvgIpc) is 2.96. The fraction of sp³-hybridized carbons (Fsp3) is 0.182. The molecule has 0 amide bonds. The molecule has 2 heterocycles. The maximum atomic E-state index is 5.50. The van der Waals surface area contributed by atoms with Crippen LogP contribution in [-0.2, 0) is 6.42 Å². The van der Waals surface area contributed by atoms with Crippen molar-refractivity contribution in [2.75, 3.05) is 11.9 Å². The van der Waals surface area contributed by atoms with Crippen molar-refractivity contribution in [1.29, 1.82) is 0 Å². The third-order valence-corrected chi connectivity index (χ3v) is 2.33. The van der Waals surface area contributed by atoms with Crippen molar-refractivity contribution in [3.8, 4) is 0 Å². The third-order valence-electron chi connectivity index (χ3n) is 2.33. The molecule has 6 nitrogen and oxygen atoms in total. The van der Waals surface area contributed by atoms with E-state index in [9.17, 15) is 0 Å². The second-order valence-corrected chi connectivity index (χ2v) is 3.51. The molecule has 0 unspecified atom stereocenters. The van der Waals surface area contributed by atoms with Crippen LogP contribution in [0.2, 0.25) is 0 Å². The summed E-state index contributed by atoms with van der Waals surface area (Å²) in [5.74, 6) is 0.661. The predicted molar refractivity (Wildman–Crippen MR) is 60.5 cm³/mol. The lowest BCUT2D eigenvalue weighted by atomic mass is 10.3. The van der Waals surface area contributed by atoms with E-state index in [1.807, 2.05) is 24.3 Å². The van der Waals surface area contributed by atoms with Gasteiger partial charge in [0, 0.05) is 13.0 Å². The van der Waals surface area contributed by atoms with E-state index in [1.165, 1.54) is 6.39 Å². The van der Waals surface area contributed by atoms with Gasteiger partial charge >= 0.3 is 0 Å². The first-order chi connectivity index (χ1) is 8.42. The van der Waals surface area contributed by atoms with E-state index in [0.29, 0.717) is 24.8 Å². The zero-order chi connectivity index (χ0) is 11.5. The van der Waals surface area contributed by atoms with Gasteiger partial charge in [0.05, 0.1) is 0 Å². The molecular formula is C11H10N4O2. The highest BCUT2D eigenvalue weighted by atomic mass is 16.5. The Morgan fingerprint density at radius 3 is 3.00 bits per heavy atom. The van der Waals surface area contributed by atoms with Crippen molar-refractivity contribution < 1.29 is 8.94 Å². The Bertz CT molecular complexity index is 570. The molecule has 17 heavy (non-hydrogen) atoms. The Kier molecular flexibility index (Phi) is 2.45. The molecule has 0 aliphatic heterocycles. The molecule has 0 spiro atoms. The molecule has 0 saturated carbocycles. The summed E-state index contributed by atoms with van der Waals surface area (Å²) in [7, 11) is 0. The first-order valence-corrected chi connectivity index (χ1v) is 5.26. The molecular weight excluding hydrogens is 220 g/mol. The SMILES string of the molecule is c1ccc2oc(NCCc3ncon3)nc2c1. The maximum absolute atomic E-state index is 5.50. The largest absolute Gasteiger partial charge is 0.424 e. The van der Waals surface area contributed by atoms with Gasteiger partial charge in [0.25, 0.3) is 6.01 Å². The van der Waals surface area contributed by atoms with Gasteiger partial charge in [0.15, 0.2) is 11.4 Å². The Labute approximate surface area is 96.6 Å². The average molecular weight is 230 g/mol. The van der Waals surface area contributed by atoms with Crippen LogP contribution in [0.15, 0.2) is 39.6 Å². The molecule has 1 aromatic carbocycles. The lowest BCUT2D eigenvalue weighted by Gasteiger charge is -1.96. The minimum absolute atomic E-state index is 0.509. The van der Waals surface area contributed by atoms with Gasteiger partial charge in [0.1, 0.15) is 5.52 Å². The number of oxazole rings is 1. The summed E-state index contributed by atoms with van der Waals surface area (Å²) in [6.45, 7) is 0.645. The standard InChI is InChI=1S/C11H10N4O2/c1-2-4-9-8(3-1)14-11(17-9)12-6-5-10-13-7-16-15-10/h1-4,7H,5-6H2,(H,12,14). The van der Waals surface area contributed by atoms with Gasteiger partial charge in [-0.3, -0.25) is 0 Å². The Morgan fingerprint density at radius 2 is 2.18 bits per heavy atom. The number of hydrogen-bond acceptors (Lipinski definition) is 6. The number of nitrogens with zero attached hydrogens (tertiary/aromatic N) is 3. The fourth-order valence-electron chi connectivity index (χ4n) is 1.53. The Hall–Kier alpha value is -2.37. The number of nitrogens with one attached hydrogen (secondary N) is 1. The molecule has 3 aromatic rings. The van der Waals surface area contributed by atoms with Gasteiger partial charge in [-0.1, -0.05) is 17.3 Å². The normalized spacial score (nSPS) is 10.8. The molecule has 0 radical (unpaired) electrons. The Balaban J connectivity index is 1.65. The van der Waals surface area contributed by atoms with Crippen LogP contribution in [0.1, 0.15) is 5.82 Å². The lowest BCUT2D eigenvalue weighted by Crippen LogP contribution is -2.05. The van der Waals surface area contributed by atoms with Crippen molar-refractivity contribution >= 4 is 17.1 Å². The molecule has 0 fully saturated rings. The molecule has 6 heteroatoms. The van der Waals surface area contributed by atoms with E-state index in [1.54, 1.807) is 0 Å². The molecule has 0 bridgehead atoms. The smallest absolute Gasteiger partial charge is 0.295 e. The van der Waals surface area contributed by atoms with Crippen molar-refractivity contribution in [3.05, 3.63) is 36.5 Å². The molecule has 86 valence electrons. The quantitative estimate of drug-likeness (QED) is 0.737. The summed E-state index contributed by atoms with van der Waals surface area (Å²) < 4.78 is 10.1. The molecule has 0 atom stereocenters. The van der Waals surface area contributed by atoms with Crippen LogP contribution >= 0.6 is 0 Å². The van der Waals surface area contributed by atoms with Crippen molar-refractivity contribution in [3.63, 3.8) is 0 Å². The molecule has 0 aliphatic carbocycles. The second kappa shape index (κ2) is 4.25. The van der Waals surface area contributed by atoms with Crippen LogP contribution in [0.25, 0.3) is 11.1 Å². The van der Waals surface area contributed by atoms with E-state index in [-0.39, 0.29) is 0 Å². The van der Waals surface area contributed by atoms with E-state index in [2.05, 4.69) is 25.0 Å². The number of fused-ring (bicyclic) bond motifs is 1. The second-order valence-electron chi connectivity index (χ2n) is 3.51. The highest BCUT2D eigenvalue weighted by molar-refractivity contribution is 5.74. The molecule has 0 saturated heterocycles. The highest BCUT2D eigenvalue weighted by Gasteiger charge is 2.04. The van der Waals surface area contributed by atoms with Gasteiger partial charge in [-0.2, -0.15) is 9.97 Å². The Morgan fingerprint density at radius 1 is 1.24 bits per heavy atom. The van der Waals surface area contributed by atoms with Crippen LogP contribution < -0.4 is 5.32 Å². The fourth-order valence-corrected chi connectivity index (χ4v) is 1.53. The number of hydrogen-bond donors (Lipinski definition) is 1. The van der Waals surface area contributed by atoms with Crippen LogP contribution in [0.3, 0.4) is 0 Å². The van der Waals surface area contributed by atoms with Crippen molar-refractivity contribution in [1.82, 2.24) is 15.1 Å². The third kappa shape index (κ3) is 2.10. The number of benzene rings is 1. The van der Waals surface area contributed by atoms with Crippen LogP contribution in [0.4, 0.5) is 6.01 Å². The number of aromatic nitrogens is 3. The van der Waals surface area contributed by atoms with Crippen molar-refractivity contribution in [2.45, 2.75) is 6.42 Å². The van der Waals surface area contributed by atoms with Gasteiger partial charge in [-0.15, -0.1) is 0 Å². The minimum atomic E-state index is 0.509. The number of anilines is 1. The summed E-state index contributed by atoms with van der Waals surface area (Å²) in [4.78, 5) is 8.21. The summed E-state index contributed by atoms with van der Waals surface area (Å²) in [6, 6.07) is 8.13. The van der Waals surface area contributed by atoms with Crippen LogP contribution in [0, 0.1) is 0 Å². The molecule has 2 aromatic heterocycles. The zero-order valence-corrected chi connectivity index (χ0v) is 8.96. The van der Waals surface area contributed by atoms with Gasteiger partial charge in [-0.25, -0.2) is 0 Å². The minimum Gasteiger partial charge on any atom is -0.424 e. The van der Waals surface area contributed by atoms with E-state index >= 15 is 0 Å². The van der Waals surface area contributed by atoms with E-state index in [4.69, 9.17) is 4.42 Å². The predicted octanol–water partition coefficient (Wildman–Crippen LogP) is 1.87.